The molecule has 3 rings (SSSR count). The molecule has 0 fully saturated rings. The van der Waals surface area contributed by atoms with E-state index in [2.05, 4.69) is 65.5 Å². The molecule has 0 saturated carbocycles. The Bertz CT molecular complexity index is 816. The molecule has 0 aliphatic carbocycles. The number of anilines is 1. The van der Waals surface area contributed by atoms with Crippen LogP contribution in [0.3, 0.4) is 0 Å². The maximum Gasteiger partial charge on any atom is 0.205 e. The molecule has 3 nitrogen and oxygen atoms in total. The minimum Gasteiger partial charge on any atom is -0.388 e. The highest BCUT2D eigenvalue weighted by atomic mass is 15.0. The molecule has 122 valence electrons. The van der Waals surface area contributed by atoms with Gasteiger partial charge < -0.3 is 10.7 Å². The lowest BCUT2D eigenvalue weighted by Crippen LogP contribution is -2.13. The van der Waals surface area contributed by atoms with E-state index in [0.29, 0.717) is 0 Å². The number of benzene rings is 2. The first kappa shape index (κ1) is 16.2. The van der Waals surface area contributed by atoms with Crippen molar-refractivity contribution in [1.29, 1.82) is 5.41 Å². The summed E-state index contributed by atoms with van der Waals surface area (Å²) < 4.78 is 2.31. The van der Waals surface area contributed by atoms with Crippen molar-refractivity contribution in [3.8, 4) is 11.1 Å². The standard InChI is InChI=1S/C21H24N3/c1-3-16-9-11-24(12-10-16)20-6-4-5-17(14-20)18-7-8-21(23-2)19(13-18)15-22/h4-9,11,13-15,22-23H,3,10,12H2,1-2H3/q+1. The second-order valence-corrected chi connectivity index (χ2v) is 6.02. The van der Waals surface area contributed by atoms with Crippen LogP contribution in [-0.2, 0) is 0 Å². The highest BCUT2D eigenvalue weighted by Gasteiger charge is 2.14. The summed E-state index contributed by atoms with van der Waals surface area (Å²) in [5.41, 5.74) is 6.92. The van der Waals surface area contributed by atoms with E-state index in [1.54, 1.807) is 0 Å². The third kappa shape index (κ3) is 3.30. The molecule has 0 radical (unpaired) electrons. The topological polar surface area (TPSA) is 38.9 Å². The molecule has 0 saturated heterocycles. The van der Waals surface area contributed by atoms with Crippen molar-refractivity contribution < 1.29 is 4.58 Å². The van der Waals surface area contributed by atoms with E-state index >= 15 is 0 Å². The predicted molar refractivity (Wildman–Crippen MR) is 103 cm³/mol. The molecule has 1 aliphatic rings. The van der Waals surface area contributed by atoms with Gasteiger partial charge in [-0.05, 0) is 29.7 Å². The van der Waals surface area contributed by atoms with E-state index in [0.717, 1.165) is 36.2 Å². The van der Waals surface area contributed by atoms with E-state index < -0.39 is 0 Å². The van der Waals surface area contributed by atoms with Crippen molar-refractivity contribution in [2.24, 2.45) is 0 Å². The molecular weight excluding hydrogens is 294 g/mol. The fraction of sp³-hybridized carbons (Fsp3) is 0.238. The lowest BCUT2D eigenvalue weighted by atomic mass is 10.0. The maximum absolute atomic E-state index is 7.60. The summed E-state index contributed by atoms with van der Waals surface area (Å²) in [5.74, 6) is 0. The first-order valence-electron chi connectivity index (χ1n) is 8.47. The summed E-state index contributed by atoms with van der Waals surface area (Å²) in [6, 6.07) is 14.8. The number of nitrogens with zero attached hydrogens (tertiary/aromatic N) is 1. The molecule has 1 heterocycles. The van der Waals surface area contributed by atoms with Crippen LogP contribution in [0.1, 0.15) is 25.3 Å². The molecular formula is C21H24N3+. The summed E-state index contributed by atoms with van der Waals surface area (Å²) >= 11 is 0. The predicted octanol–water partition coefficient (Wildman–Crippen LogP) is 4.85. The monoisotopic (exact) mass is 318 g/mol. The zero-order chi connectivity index (χ0) is 16.9. The van der Waals surface area contributed by atoms with Crippen LogP contribution >= 0.6 is 0 Å². The molecule has 0 aromatic heterocycles. The van der Waals surface area contributed by atoms with Crippen LogP contribution in [0.2, 0.25) is 0 Å². The second kappa shape index (κ2) is 7.26. The second-order valence-electron chi connectivity index (χ2n) is 6.02. The van der Waals surface area contributed by atoms with E-state index in [1.165, 1.54) is 23.0 Å². The van der Waals surface area contributed by atoms with E-state index in [4.69, 9.17) is 5.41 Å². The SMILES string of the molecule is CCC1=CC=[N+](c2cccc(-c3ccc(NC)c(C=N)c3)c2)CC1. The van der Waals surface area contributed by atoms with Gasteiger partial charge in [0, 0.05) is 49.1 Å². The van der Waals surface area contributed by atoms with Crippen LogP contribution in [-0.4, -0.2) is 30.6 Å². The molecule has 2 aromatic rings. The highest BCUT2D eigenvalue weighted by molar-refractivity contribution is 5.88. The van der Waals surface area contributed by atoms with E-state index in [-0.39, 0.29) is 0 Å². The van der Waals surface area contributed by atoms with E-state index in [1.807, 2.05) is 13.1 Å². The number of rotatable bonds is 5. The summed E-state index contributed by atoms with van der Waals surface area (Å²) in [7, 11) is 1.88. The van der Waals surface area contributed by atoms with Gasteiger partial charge in [-0.2, -0.15) is 4.58 Å². The summed E-state index contributed by atoms with van der Waals surface area (Å²) in [4.78, 5) is 0. The van der Waals surface area contributed by atoms with Crippen molar-refractivity contribution in [3.05, 3.63) is 59.7 Å². The Morgan fingerprint density at radius 3 is 2.67 bits per heavy atom. The molecule has 1 aliphatic heterocycles. The van der Waals surface area contributed by atoms with Crippen molar-refractivity contribution in [1.82, 2.24) is 0 Å². The van der Waals surface area contributed by atoms with Crippen molar-refractivity contribution in [2.45, 2.75) is 19.8 Å². The van der Waals surface area contributed by atoms with Crippen molar-refractivity contribution in [2.75, 3.05) is 18.9 Å². The van der Waals surface area contributed by atoms with Crippen molar-refractivity contribution in [3.63, 3.8) is 0 Å². The smallest absolute Gasteiger partial charge is 0.205 e. The first-order valence-corrected chi connectivity index (χ1v) is 8.47. The molecule has 2 N–H and O–H groups in total. The quantitative estimate of drug-likeness (QED) is 0.600. The van der Waals surface area contributed by atoms with Gasteiger partial charge in [0.25, 0.3) is 0 Å². The van der Waals surface area contributed by atoms with Gasteiger partial charge in [0.05, 0.1) is 0 Å². The first-order chi connectivity index (χ1) is 11.7. The largest absolute Gasteiger partial charge is 0.388 e. The Morgan fingerprint density at radius 2 is 2.00 bits per heavy atom. The van der Waals surface area contributed by atoms with Gasteiger partial charge in [-0.1, -0.05) is 30.7 Å². The third-order valence-electron chi connectivity index (χ3n) is 4.61. The normalized spacial score (nSPS) is 13.9. The fourth-order valence-electron chi connectivity index (χ4n) is 3.08. The summed E-state index contributed by atoms with van der Waals surface area (Å²) in [6.45, 7) is 3.25. The fourth-order valence-corrected chi connectivity index (χ4v) is 3.08. The Morgan fingerprint density at radius 1 is 1.17 bits per heavy atom. The summed E-state index contributed by atoms with van der Waals surface area (Å²) in [5, 5.41) is 10.7. The number of hydrogen-bond acceptors (Lipinski definition) is 2. The van der Waals surface area contributed by atoms with Gasteiger partial charge in [0.15, 0.2) is 12.8 Å². The van der Waals surface area contributed by atoms with Gasteiger partial charge in [0.1, 0.15) is 0 Å². The molecule has 0 unspecified atom stereocenters. The number of nitrogens with one attached hydrogen (secondary N) is 2. The van der Waals surface area contributed by atoms with Crippen LogP contribution < -0.4 is 5.32 Å². The van der Waals surface area contributed by atoms with Gasteiger partial charge >= 0.3 is 0 Å². The Kier molecular flexibility index (Phi) is 4.90. The van der Waals surface area contributed by atoms with Crippen LogP contribution in [0.25, 0.3) is 11.1 Å². The van der Waals surface area contributed by atoms with Gasteiger partial charge in [-0.25, -0.2) is 0 Å². The lowest BCUT2D eigenvalue weighted by Gasteiger charge is -2.11. The Balaban J connectivity index is 1.95. The molecule has 0 atom stereocenters. The van der Waals surface area contributed by atoms with E-state index in [9.17, 15) is 0 Å². The molecule has 24 heavy (non-hydrogen) atoms. The zero-order valence-corrected chi connectivity index (χ0v) is 14.3. The Labute approximate surface area is 143 Å². The minimum absolute atomic E-state index is 0.903. The summed E-state index contributed by atoms with van der Waals surface area (Å²) in [6.07, 6.45) is 8.09. The molecule has 2 aromatic carbocycles. The van der Waals surface area contributed by atoms with Gasteiger partial charge in [0.2, 0.25) is 5.69 Å². The lowest BCUT2D eigenvalue weighted by molar-refractivity contribution is -0.435. The zero-order valence-electron chi connectivity index (χ0n) is 14.3. The molecule has 0 bridgehead atoms. The maximum atomic E-state index is 7.60. The van der Waals surface area contributed by atoms with Crippen LogP contribution in [0.4, 0.5) is 11.4 Å². The molecule has 0 spiro atoms. The average Bonchev–Trinajstić information content (AvgIpc) is 2.67. The van der Waals surface area contributed by atoms with Gasteiger partial charge in [-0.15, -0.1) is 0 Å². The van der Waals surface area contributed by atoms with Crippen LogP contribution in [0, 0.1) is 5.41 Å². The van der Waals surface area contributed by atoms with Crippen LogP contribution in [0.5, 0.6) is 0 Å². The van der Waals surface area contributed by atoms with Gasteiger partial charge in [-0.3, -0.25) is 0 Å². The highest BCUT2D eigenvalue weighted by Crippen LogP contribution is 2.28. The molecule has 3 heteroatoms. The van der Waals surface area contributed by atoms with Crippen molar-refractivity contribution >= 4 is 23.8 Å². The average molecular weight is 318 g/mol. The number of allylic oxidation sites excluding steroid dienone is 1. The Hall–Kier alpha value is -2.68. The third-order valence-corrected chi connectivity index (χ3v) is 4.61. The minimum atomic E-state index is 0.903. The molecule has 0 amide bonds. The van der Waals surface area contributed by atoms with Crippen LogP contribution in [0.15, 0.2) is 54.1 Å². The number of hydrogen-bond donors (Lipinski definition) is 2.